The zero-order valence-electron chi connectivity index (χ0n) is 12.9. The maximum atomic E-state index is 12.2. The second kappa shape index (κ2) is 8.54. The Hall–Kier alpha value is -2.88. The molecule has 0 saturated heterocycles. The molecule has 0 aliphatic rings. The van der Waals surface area contributed by atoms with E-state index in [4.69, 9.17) is 0 Å². The van der Waals surface area contributed by atoms with Gasteiger partial charge in [0, 0.05) is 6.92 Å². The fraction of sp³-hybridized carbons (Fsp3) is 0.158. The van der Waals surface area contributed by atoms with Gasteiger partial charge in [-0.3, -0.25) is 9.59 Å². The van der Waals surface area contributed by atoms with Crippen LogP contribution in [-0.4, -0.2) is 11.9 Å². The van der Waals surface area contributed by atoms with E-state index in [0.717, 1.165) is 11.1 Å². The van der Waals surface area contributed by atoms with Crippen molar-refractivity contribution in [1.29, 1.82) is 0 Å². The van der Waals surface area contributed by atoms with E-state index in [1.807, 2.05) is 72.8 Å². The summed E-state index contributed by atoms with van der Waals surface area (Å²) >= 11 is 0. The lowest BCUT2D eigenvalue weighted by Crippen LogP contribution is -2.32. The predicted molar refractivity (Wildman–Crippen MR) is 89.0 cm³/mol. The molecule has 0 heterocycles. The van der Waals surface area contributed by atoms with Crippen molar-refractivity contribution in [2.75, 3.05) is 0 Å². The summed E-state index contributed by atoms with van der Waals surface area (Å²) in [5, 5.41) is 0. The van der Waals surface area contributed by atoms with Gasteiger partial charge in [-0.15, -0.1) is 0 Å². The van der Waals surface area contributed by atoms with Crippen LogP contribution in [0.25, 0.3) is 6.08 Å². The van der Waals surface area contributed by atoms with Gasteiger partial charge in [-0.05, 0) is 17.5 Å². The van der Waals surface area contributed by atoms with E-state index in [0.29, 0.717) is 6.42 Å². The van der Waals surface area contributed by atoms with Gasteiger partial charge in [0.2, 0.25) is 0 Å². The summed E-state index contributed by atoms with van der Waals surface area (Å²) in [5.41, 5.74) is 4.24. The molecule has 0 aliphatic heterocycles. The van der Waals surface area contributed by atoms with Crippen molar-refractivity contribution >= 4 is 18.0 Å². The molecule has 0 spiro atoms. The zero-order valence-corrected chi connectivity index (χ0v) is 12.9. The summed E-state index contributed by atoms with van der Waals surface area (Å²) < 4.78 is 0. The fourth-order valence-corrected chi connectivity index (χ4v) is 2.11. The molecule has 2 rings (SSSR count). The molecular formula is C19H19NO3. The topological polar surface area (TPSA) is 55.4 Å². The monoisotopic (exact) mass is 309 g/mol. The summed E-state index contributed by atoms with van der Waals surface area (Å²) in [7, 11) is 0. The number of hydrogen-bond acceptors (Lipinski definition) is 3. The average Bonchev–Trinajstić information content (AvgIpc) is 2.58. The fourth-order valence-electron chi connectivity index (χ4n) is 2.11. The number of amides is 1. The van der Waals surface area contributed by atoms with Gasteiger partial charge in [-0.2, -0.15) is 5.48 Å². The third kappa shape index (κ3) is 5.79. The Labute approximate surface area is 135 Å². The number of rotatable bonds is 5. The molecule has 2 aromatic rings. The van der Waals surface area contributed by atoms with Gasteiger partial charge in [-0.1, -0.05) is 72.8 Å². The minimum atomic E-state index is -0.552. The average molecular weight is 309 g/mol. The standard InChI is InChI=1S/C19H19NO3/c1-15(21)23-20-19(22)18(14-17-10-6-3-7-11-17)13-12-16-8-4-2-5-9-16/h2-13,18H,14H2,1H3,(H,20,22)/b13-12+. The second-order valence-corrected chi connectivity index (χ2v) is 5.13. The molecule has 0 aromatic heterocycles. The first-order valence-corrected chi connectivity index (χ1v) is 7.39. The quantitative estimate of drug-likeness (QED) is 0.863. The first-order chi connectivity index (χ1) is 11.1. The van der Waals surface area contributed by atoms with E-state index in [9.17, 15) is 9.59 Å². The maximum absolute atomic E-state index is 12.2. The van der Waals surface area contributed by atoms with Gasteiger partial charge < -0.3 is 4.84 Å². The van der Waals surface area contributed by atoms with E-state index in [2.05, 4.69) is 10.3 Å². The summed E-state index contributed by atoms with van der Waals surface area (Å²) in [4.78, 5) is 27.7. The Morgan fingerprint density at radius 1 is 1.04 bits per heavy atom. The number of benzene rings is 2. The summed E-state index contributed by atoms with van der Waals surface area (Å²) in [6, 6.07) is 19.4. The third-order valence-electron chi connectivity index (χ3n) is 3.25. The highest BCUT2D eigenvalue weighted by molar-refractivity contribution is 5.82. The van der Waals surface area contributed by atoms with Crippen LogP contribution < -0.4 is 5.48 Å². The number of hydrogen-bond donors (Lipinski definition) is 1. The molecule has 0 bridgehead atoms. The third-order valence-corrected chi connectivity index (χ3v) is 3.25. The van der Waals surface area contributed by atoms with Crippen molar-refractivity contribution in [3.8, 4) is 0 Å². The highest BCUT2D eigenvalue weighted by Crippen LogP contribution is 2.13. The molecule has 0 aliphatic carbocycles. The zero-order chi connectivity index (χ0) is 16.5. The number of carbonyl (C=O) groups excluding carboxylic acids is 2. The molecule has 0 saturated carbocycles. The minimum absolute atomic E-state index is 0.351. The van der Waals surface area contributed by atoms with Crippen LogP contribution in [-0.2, 0) is 20.8 Å². The van der Waals surface area contributed by atoms with Crippen LogP contribution in [0.3, 0.4) is 0 Å². The maximum Gasteiger partial charge on any atom is 0.329 e. The van der Waals surface area contributed by atoms with Crippen LogP contribution in [0.2, 0.25) is 0 Å². The summed E-state index contributed by atoms with van der Waals surface area (Å²) in [5.74, 6) is -1.34. The van der Waals surface area contributed by atoms with Gasteiger partial charge in [0.05, 0.1) is 5.92 Å². The predicted octanol–water partition coefficient (Wildman–Crippen LogP) is 3.15. The van der Waals surface area contributed by atoms with Crippen LogP contribution >= 0.6 is 0 Å². The highest BCUT2D eigenvalue weighted by atomic mass is 16.7. The van der Waals surface area contributed by atoms with Crippen molar-refractivity contribution in [2.45, 2.75) is 13.3 Å². The minimum Gasteiger partial charge on any atom is -0.341 e. The van der Waals surface area contributed by atoms with Crippen molar-refractivity contribution in [3.05, 3.63) is 77.9 Å². The Balaban J connectivity index is 2.11. The van der Waals surface area contributed by atoms with Crippen LogP contribution in [0.15, 0.2) is 66.7 Å². The summed E-state index contributed by atoms with van der Waals surface area (Å²) in [6.45, 7) is 1.24. The second-order valence-electron chi connectivity index (χ2n) is 5.13. The Kier molecular flexibility index (Phi) is 6.12. The van der Waals surface area contributed by atoms with E-state index in [-0.39, 0.29) is 5.91 Å². The van der Waals surface area contributed by atoms with Crippen LogP contribution in [0.1, 0.15) is 18.1 Å². The van der Waals surface area contributed by atoms with Crippen LogP contribution in [0, 0.1) is 5.92 Å². The van der Waals surface area contributed by atoms with Crippen LogP contribution in [0.4, 0.5) is 0 Å². The lowest BCUT2D eigenvalue weighted by molar-refractivity contribution is -0.157. The normalized spacial score (nSPS) is 11.9. The Bertz CT molecular complexity index is 666. The van der Waals surface area contributed by atoms with E-state index < -0.39 is 11.9 Å². The van der Waals surface area contributed by atoms with Crippen molar-refractivity contribution < 1.29 is 14.4 Å². The molecule has 4 nitrogen and oxygen atoms in total. The molecule has 23 heavy (non-hydrogen) atoms. The molecule has 1 unspecified atom stereocenters. The number of carbonyl (C=O) groups is 2. The first-order valence-electron chi connectivity index (χ1n) is 7.39. The van der Waals surface area contributed by atoms with Gasteiger partial charge in [0.15, 0.2) is 0 Å². The van der Waals surface area contributed by atoms with E-state index in [1.165, 1.54) is 6.92 Å². The van der Waals surface area contributed by atoms with E-state index in [1.54, 1.807) is 0 Å². The molecular weight excluding hydrogens is 290 g/mol. The summed E-state index contributed by atoms with van der Waals surface area (Å²) in [6.07, 6.45) is 4.24. The van der Waals surface area contributed by atoms with Gasteiger partial charge >= 0.3 is 5.97 Å². The first kappa shape index (κ1) is 16.5. The lowest BCUT2D eigenvalue weighted by atomic mass is 9.97. The van der Waals surface area contributed by atoms with Crippen LogP contribution in [0.5, 0.6) is 0 Å². The number of nitrogens with one attached hydrogen (secondary N) is 1. The van der Waals surface area contributed by atoms with Gasteiger partial charge in [-0.25, -0.2) is 0 Å². The molecule has 1 amide bonds. The van der Waals surface area contributed by atoms with Crippen molar-refractivity contribution in [2.24, 2.45) is 5.92 Å². The van der Waals surface area contributed by atoms with Crippen molar-refractivity contribution in [1.82, 2.24) is 5.48 Å². The molecule has 4 heteroatoms. The lowest BCUT2D eigenvalue weighted by Gasteiger charge is -2.12. The highest BCUT2D eigenvalue weighted by Gasteiger charge is 2.17. The largest absolute Gasteiger partial charge is 0.341 e. The molecule has 1 N–H and O–H groups in total. The SMILES string of the molecule is CC(=O)ONC(=O)C(/C=C/c1ccccc1)Cc1ccccc1. The molecule has 0 fully saturated rings. The number of hydroxylamine groups is 1. The Morgan fingerprint density at radius 2 is 1.65 bits per heavy atom. The smallest absolute Gasteiger partial charge is 0.329 e. The molecule has 2 aromatic carbocycles. The molecule has 118 valence electrons. The van der Waals surface area contributed by atoms with E-state index >= 15 is 0 Å². The van der Waals surface area contributed by atoms with Gasteiger partial charge in [0.1, 0.15) is 0 Å². The molecule has 1 atom stereocenters. The van der Waals surface area contributed by atoms with Gasteiger partial charge in [0.25, 0.3) is 5.91 Å². The Morgan fingerprint density at radius 3 is 2.26 bits per heavy atom. The molecule has 0 radical (unpaired) electrons. The van der Waals surface area contributed by atoms with Crippen molar-refractivity contribution in [3.63, 3.8) is 0 Å².